The summed E-state index contributed by atoms with van der Waals surface area (Å²) in [5, 5.41) is 3.51. The van der Waals surface area contributed by atoms with Gasteiger partial charge in [-0.25, -0.2) is 0 Å². The van der Waals surface area contributed by atoms with Crippen LogP contribution in [0, 0.1) is 0 Å². The summed E-state index contributed by atoms with van der Waals surface area (Å²) >= 11 is 0. The SMILES string of the molecule is CN(CCc1ccccc1)CCC1CNc2ccccc21. The molecule has 110 valence electrons. The van der Waals surface area contributed by atoms with Gasteiger partial charge in [0, 0.05) is 24.7 Å². The normalized spacial score (nSPS) is 16.8. The number of hydrogen-bond donors (Lipinski definition) is 1. The molecule has 1 N–H and O–H groups in total. The Hall–Kier alpha value is -1.80. The largest absolute Gasteiger partial charge is 0.384 e. The minimum atomic E-state index is 0.667. The van der Waals surface area contributed by atoms with Crippen LogP contribution in [0.5, 0.6) is 0 Å². The van der Waals surface area contributed by atoms with E-state index in [1.54, 1.807) is 0 Å². The summed E-state index contributed by atoms with van der Waals surface area (Å²) < 4.78 is 0. The molecule has 0 fully saturated rings. The maximum atomic E-state index is 3.51. The minimum absolute atomic E-state index is 0.667. The molecule has 0 amide bonds. The van der Waals surface area contributed by atoms with Crippen LogP contribution < -0.4 is 5.32 Å². The second-order valence-corrected chi connectivity index (χ2v) is 5.99. The zero-order valence-corrected chi connectivity index (χ0v) is 12.8. The summed E-state index contributed by atoms with van der Waals surface area (Å²) in [4.78, 5) is 2.45. The molecule has 1 atom stereocenters. The number of nitrogens with zero attached hydrogens (tertiary/aromatic N) is 1. The molecule has 1 unspecified atom stereocenters. The average Bonchev–Trinajstić information content (AvgIpc) is 2.95. The molecule has 0 spiro atoms. The van der Waals surface area contributed by atoms with E-state index in [1.165, 1.54) is 23.2 Å². The third kappa shape index (κ3) is 3.64. The van der Waals surface area contributed by atoms with Gasteiger partial charge < -0.3 is 10.2 Å². The van der Waals surface area contributed by atoms with Crippen LogP contribution in [-0.2, 0) is 6.42 Å². The van der Waals surface area contributed by atoms with Crippen LogP contribution >= 0.6 is 0 Å². The number of benzene rings is 2. The van der Waals surface area contributed by atoms with Crippen LogP contribution in [0.1, 0.15) is 23.5 Å². The van der Waals surface area contributed by atoms with Gasteiger partial charge in [-0.3, -0.25) is 0 Å². The Balaban J connectivity index is 1.45. The van der Waals surface area contributed by atoms with Gasteiger partial charge in [-0.15, -0.1) is 0 Å². The Kier molecular flexibility index (Phi) is 4.56. The molecule has 1 heterocycles. The van der Waals surface area contributed by atoms with Gasteiger partial charge in [0.05, 0.1) is 0 Å². The van der Waals surface area contributed by atoms with E-state index in [9.17, 15) is 0 Å². The smallest absolute Gasteiger partial charge is 0.0376 e. The second-order valence-electron chi connectivity index (χ2n) is 5.99. The second kappa shape index (κ2) is 6.77. The first-order valence-electron chi connectivity index (χ1n) is 7.88. The van der Waals surface area contributed by atoms with E-state index >= 15 is 0 Å². The van der Waals surface area contributed by atoms with Crippen molar-refractivity contribution in [2.45, 2.75) is 18.8 Å². The van der Waals surface area contributed by atoms with Crippen LogP contribution in [-0.4, -0.2) is 31.6 Å². The molecule has 0 aliphatic carbocycles. The van der Waals surface area contributed by atoms with Crippen molar-refractivity contribution in [2.75, 3.05) is 32.0 Å². The van der Waals surface area contributed by atoms with E-state index in [2.05, 4.69) is 71.9 Å². The lowest BCUT2D eigenvalue weighted by Crippen LogP contribution is -2.24. The van der Waals surface area contributed by atoms with Crippen molar-refractivity contribution in [1.82, 2.24) is 4.90 Å². The van der Waals surface area contributed by atoms with Gasteiger partial charge in [0.15, 0.2) is 0 Å². The van der Waals surface area contributed by atoms with E-state index in [0.29, 0.717) is 5.92 Å². The first-order chi connectivity index (χ1) is 10.3. The van der Waals surface area contributed by atoms with Crippen LogP contribution in [0.2, 0.25) is 0 Å². The van der Waals surface area contributed by atoms with E-state index < -0.39 is 0 Å². The van der Waals surface area contributed by atoms with Gasteiger partial charge in [-0.2, -0.15) is 0 Å². The lowest BCUT2D eigenvalue weighted by molar-refractivity contribution is 0.324. The fourth-order valence-corrected chi connectivity index (χ4v) is 3.07. The maximum Gasteiger partial charge on any atom is 0.0376 e. The summed E-state index contributed by atoms with van der Waals surface area (Å²) in [7, 11) is 2.23. The van der Waals surface area contributed by atoms with E-state index in [4.69, 9.17) is 0 Å². The number of para-hydroxylation sites is 1. The van der Waals surface area contributed by atoms with Gasteiger partial charge in [-0.1, -0.05) is 48.5 Å². The Bertz CT molecular complexity index is 565. The number of hydrogen-bond acceptors (Lipinski definition) is 2. The molecule has 1 aliphatic heterocycles. The number of anilines is 1. The standard InChI is InChI=1S/C19H24N2/c1-21(13-11-16-7-3-2-4-8-16)14-12-17-15-20-19-10-6-5-9-18(17)19/h2-10,17,20H,11-15H2,1H3. The molecule has 3 rings (SSSR count). The Morgan fingerprint density at radius 3 is 2.62 bits per heavy atom. The fourth-order valence-electron chi connectivity index (χ4n) is 3.07. The summed E-state index contributed by atoms with van der Waals surface area (Å²) in [6.45, 7) is 3.38. The van der Waals surface area contributed by atoms with Crippen molar-refractivity contribution in [2.24, 2.45) is 0 Å². The zero-order valence-electron chi connectivity index (χ0n) is 12.8. The lowest BCUT2D eigenvalue weighted by Gasteiger charge is -2.19. The molecule has 0 bridgehead atoms. The molecule has 2 aromatic carbocycles. The predicted molar refractivity (Wildman–Crippen MR) is 89.9 cm³/mol. The molecule has 1 aliphatic rings. The Labute approximate surface area is 127 Å². The number of nitrogens with one attached hydrogen (secondary N) is 1. The number of fused-ring (bicyclic) bond motifs is 1. The summed E-state index contributed by atoms with van der Waals surface area (Å²) in [5.41, 5.74) is 4.25. The van der Waals surface area contributed by atoms with Crippen molar-refractivity contribution in [3.05, 3.63) is 65.7 Å². The molecule has 0 saturated heterocycles. The Morgan fingerprint density at radius 2 is 1.76 bits per heavy atom. The van der Waals surface area contributed by atoms with E-state index in [1.807, 2.05) is 0 Å². The average molecular weight is 280 g/mol. The highest BCUT2D eigenvalue weighted by molar-refractivity contribution is 5.57. The third-order valence-electron chi connectivity index (χ3n) is 4.42. The molecule has 2 nitrogen and oxygen atoms in total. The first kappa shape index (κ1) is 14.2. The minimum Gasteiger partial charge on any atom is -0.384 e. The van der Waals surface area contributed by atoms with Crippen LogP contribution in [0.15, 0.2) is 54.6 Å². The van der Waals surface area contributed by atoms with Gasteiger partial charge in [0.2, 0.25) is 0 Å². The van der Waals surface area contributed by atoms with Crippen LogP contribution in [0.4, 0.5) is 5.69 Å². The molecular weight excluding hydrogens is 256 g/mol. The molecular formula is C19H24N2. The highest BCUT2D eigenvalue weighted by Gasteiger charge is 2.21. The van der Waals surface area contributed by atoms with Crippen molar-refractivity contribution >= 4 is 5.69 Å². The van der Waals surface area contributed by atoms with Gasteiger partial charge in [0.1, 0.15) is 0 Å². The fraction of sp³-hybridized carbons (Fsp3) is 0.368. The topological polar surface area (TPSA) is 15.3 Å². The summed E-state index contributed by atoms with van der Waals surface area (Å²) in [5.74, 6) is 0.667. The molecule has 21 heavy (non-hydrogen) atoms. The molecule has 0 saturated carbocycles. The predicted octanol–water partition coefficient (Wildman–Crippen LogP) is 3.76. The van der Waals surface area contributed by atoms with Gasteiger partial charge >= 0.3 is 0 Å². The van der Waals surface area contributed by atoms with Crippen molar-refractivity contribution in [3.8, 4) is 0 Å². The monoisotopic (exact) mass is 280 g/mol. The summed E-state index contributed by atoms with van der Waals surface area (Å²) in [6.07, 6.45) is 2.37. The number of likely N-dealkylation sites (N-methyl/N-ethyl adjacent to an activating group) is 1. The number of rotatable bonds is 6. The highest BCUT2D eigenvalue weighted by atomic mass is 15.1. The molecule has 2 heteroatoms. The van der Waals surface area contributed by atoms with E-state index in [0.717, 1.165) is 26.1 Å². The van der Waals surface area contributed by atoms with Gasteiger partial charge in [-0.05, 0) is 43.6 Å². The van der Waals surface area contributed by atoms with Crippen molar-refractivity contribution in [3.63, 3.8) is 0 Å². The zero-order chi connectivity index (χ0) is 14.5. The quantitative estimate of drug-likeness (QED) is 0.866. The molecule has 2 aromatic rings. The Morgan fingerprint density at radius 1 is 1.00 bits per heavy atom. The first-order valence-corrected chi connectivity index (χ1v) is 7.88. The molecule has 0 radical (unpaired) electrons. The third-order valence-corrected chi connectivity index (χ3v) is 4.42. The van der Waals surface area contributed by atoms with Gasteiger partial charge in [0.25, 0.3) is 0 Å². The molecule has 0 aromatic heterocycles. The highest BCUT2D eigenvalue weighted by Crippen LogP contribution is 2.33. The summed E-state index contributed by atoms with van der Waals surface area (Å²) in [6, 6.07) is 19.5. The van der Waals surface area contributed by atoms with Crippen LogP contribution in [0.25, 0.3) is 0 Å². The lowest BCUT2D eigenvalue weighted by atomic mass is 9.98. The maximum absolute atomic E-state index is 3.51. The van der Waals surface area contributed by atoms with Crippen LogP contribution in [0.3, 0.4) is 0 Å². The van der Waals surface area contributed by atoms with Crippen molar-refractivity contribution in [1.29, 1.82) is 0 Å². The van der Waals surface area contributed by atoms with Crippen molar-refractivity contribution < 1.29 is 0 Å². The van der Waals surface area contributed by atoms with E-state index in [-0.39, 0.29) is 0 Å².